The Hall–Kier alpha value is -1.13. The van der Waals surface area contributed by atoms with Gasteiger partial charge in [0.15, 0.2) is 0 Å². The van der Waals surface area contributed by atoms with E-state index in [9.17, 15) is 9.90 Å². The van der Waals surface area contributed by atoms with Gasteiger partial charge < -0.3 is 10.0 Å². The van der Waals surface area contributed by atoms with Crippen LogP contribution in [0.4, 0.5) is 0 Å². The van der Waals surface area contributed by atoms with Crippen molar-refractivity contribution >= 4 is 17.5 Å². The van der Waals surface area contributed by atoms with Crippen LogP contribution in [0, 0.1) is 11.8 Å². The van der Waals surface area contributed by atoms with Crippen LogP contribution in [-0.4, -0.2) is 40.1 Å². The average Bonchev–Trinajstić information content (AvgIpc) is 2.95. The second-order valence-corrected chi connectivity index (χ2v) is 6.48. The lowest BCUT2D eigenvalue weighted by atomic mass is 10.0. The van der Waals surface area contributed by atoms with Gasteiger partial charge in [-0.1, -0.05) is 11.6 Å². The number of carbonyl (C=O) groups is 1. The molecule has 0 radical (unpaired) electrons. The van der Waals surface area contributed by atoms with Crippen LogP contribution in [0.15, 0.2) is 18.3 Å². The fourth-order valence-electron chi connectivity index (χ4n) is 3.72. The summed E-state index contributed by atoms with van der Waals surface area (Å²) in [5.41, 5.74) is 0.439. The number of aromatic nitrogens is 1. The van der Waals surface area contributed by atoms with E-state index in [2.05, 4.69) is 4.98 Å². The van der Waals surface area contributed by atoms with Crippen LogP contribution >= 0.6 is 11.6 Å². The Kier molecular flexibility index (Phi) is 3.69. The molecule has 3 rings (SSSR count). The van der Waals surface area contributed by atoms with Gasteiger partial charge in [-0.15, -0.1) is 0 Å². The number of nitrogens with zero attached hydrogens (tertiary/aromatic N) is 2. The van der Waals surface area contributed by atoms with Crippen LogP contribution in [-0.2, 0) is 0 Å². The van der Waals surface area contributed by atoms with Gasteiger partial charge in [-0.05, 0) is 49.7 Å². The minimum Gasteiger partial charge on any atom is -0.393 e. The first-order chi connectivity index (χ1) is 9.54. The second-order valence-electron chi connectivity index (χ2n) is 6.05. The topological polar surface area (TPSA) is 53.4 Å². The van der Waals surface area contributed by atoms with Crippen molar-refractivity contribution in [2.24, 2.45) is 11.8 Å². The summed E-state index contributed by atoms with van der Waals surface area (Å²) in [4.78, 5) is 18.3. The van der Waals surface area contributed by atoms with E-state index in [0.29, 0.717) is 22.6 Å². The van der Waals surface area contributed by atoms with Gasteiger partial charge in [-0.25, -0.2) is 4.98 Å². The molecular formula is C15H19ClN2O2. The van der Waals surface area contributed by atoms with Crippen LogP contribution in [0.25, 0.3) is 0 Å². The molecule has 1 heterocycles. The number of halogens is 1. The molecule has 1 aromatic heterocycles. The Bertz CT molecular complexity index is 491. The van der Waals surface area contributed by atoms with Gasteiger partial charge in [0.1, 0.15) is 5.69 Å². The largest absolute Gasteiger partial charge is 0.393 e. The van der Waals surface area contributed by atoms with Gasteiger partial charge in [0.25, 0.3) is 5.91 Å². The molecule has 0 aliphatic heterocycles. The molecule has 1 amide bonds. The number of hydrogen-bond acceptors (Lipinski definition) is 3. The number of aliphatic hydroxyl groups excluding tert-OH is 1. The number of carbonyl (C=O) groups excluding carboxylic acids is 1. The minimum absolute atomic E-state index is 0.0489. The third kappa shape index (κ3) is 2.54. The summed E-state index contributed by atoms with van der Waals surface area (Å²) >= 11 is 5.79. The van der Waals surface area contributed by atoms with Crippen molar-refractivity contribution in [2.75, 3.05) is 7.05 Å². The minimum atomic E-state index is -0.134. The molecule has 0 bridgehead atoms. The maximum atomic E-state index is 12.4. The van der Waals surface area contributed by atoms with Crippen molar-refractivity contribution in [1.82, 2.24) is 9.88 Å². The lowest BCUT2D eigenvalue weighted by molar-refractivity contribution is 0.0716. The quantitative estimate of drug-likeness (QED) is 0.911. The van der Waals surface area contributed by atoms with Crippen molar-refractivity contribution in [3.8, 4) is 0 Å². The van der Waals surface area contributed by atoms with E-state index in [4.69, 9.17) is 11.6 Å². The molecule has 2 fully saturated rings. The highest BCUT2D eigenvalue weighted by Crippen LogP contribution is 2.45. The molecule has 4 nitrogen and oxygen atoms in total. The number of hydrogen-bond donors (Lipinski definition) is 1. The second kappa shape index (κ2) is 5.34. The maximum absolute atomic E-state index is 12.4. The number of aliphatic hydroxyl groups is 1. The molecule has 2 aliphatic carbocycles. The summed E-state index contributed by atoms with van der Waals surface area (Å²) in [6, 6.07) is 3.62. The van der Waals surface area contributed by atoms with Crippen molar-refractivity contribution in [1.29, 1.82) is 0 Å². The van der Waals surface area contributed by atoms with Crippen molar-refractivity contribution in [3.05, 3.63) is 29.0 Å². The van der Waals surface area contributed by atoms with Gasteiger partial charge in [0, 0.05) is 19.3 Å². The fourth-order valence-corrected chi connectivity index (χ4v) is 3.83. The lowest BCUT2D eigenvalue weighted by Crippen LogP contribution is -2.36. The summed E-state index contributed by atoms with van der Waals surface area (Å²) in [5.74, 6) is 1.10. The van der Waals surface area contributed by atoms with Crippen molar-refractivity contribution < 1.29 is 9.90 Å². The highest BCUT2D eigenvalue weighted by molar-refractivity contribution is 6.30. The number of rotatable bonds is 2. The smallest absolute Gasteiger partial charge is 0.272 e. The molecular weight excluding hydrogens is 276 g/mol. The highest BCUT2D eigenvalue weighted by Gasteiger charge is 2.43. The zero-order valence-corrected chi connectivity index (χ0v) is 12.3. The summed E-state index contributed by atoms with van der Waals surface area (Å²) in [6.07, 6.45) is 5.15. The zero-order chi connectivity index (χ0) is 14.3. The van der Waals surface area contributed by atoms with Gasteiger partial charge in [-0.2, -0.15) is 0 Å². The highest BCUT2D eigenvalue weighted by atomic mass is 35.5. The monoisotopic (exact) mass is 294 g/mol. The Morgan fingerprint density at radius 2 is 1.95 bits per heavy atom. The molecule has 5 heteroatoms. The number of fused-ring (bicyclic) bond motifs is 1. The third-order valence-electron chi connectivity index (χ3n) is 4.78. The summed E-state index contributed by atoms with van der Waals surface area (Å²) in [6.45, 7) is 0. The van der Waals surface area contributed by atoms with Crippen LogP contribution in [0.3, 0.4) is 0 Å². The molecule has 0 aromatic carbocycles. The normalized spacial score (nSPS) is 32.1. The SMILES string of the molecule is CN(C(=O)c1ccc(Cl)cn1)C1C[C@H]2CC(O)C[C@H]2C1. The molecule has 2 saturated carbocycles. The Labute approximate surface area is 123 Å². The van der Waals surface area contributed by atoms with Gasteiger partial charge >= 0.3 is 0 Å². The average molecular weight is 295 g/mol. The molecule has 0 spiro atoms. The molecule has 4 atom stereocenters. The first-order valence-corrected chi connectivity index (χ1v) is 7.49. The van der Waals surface area contributed by atoms with Gasteiger partial charge in [-0.3, -0.25) is 4.79 Å². The fraction of sp³-hybridized carbons (Fsp3) is 0.600. The molecule has 108 valence electrons. The van der Waals surface area contributed by atoms with Crippen molar-refractivity contribution in [3.63, 3.8) is 0 Å². The Morgan fingerprint density at radius 3 is 2.50 bits per heavy atom. The molecule has 0 saturated heterocycles. The van der Waals surface area contributed by atoms with E-state index in [-0.39, 0.29) is 18.1 Å². The molecule has 20 heavy (non-hydrogen) atoms. The van der Waals surface area contributed by atoms with Crippen LogP contribution in [0.5, 0.6) is 0 Å². The first kappa shape index (κ1) is 13.8. The molecule has 2 aliphatic rings. The molecule has 1 N–H and O–H groups in total. The van der Waals surface area contributed by atoms with E-state index in [1.165, 1.54) is 6.20 Å². The zero-order valence-electron chi connectivity index (χ0n) is 11.5. The van der Waals surface area contributed by atoms with Gasteiger partial charge in [0.2, 0.25) is 0 Å². The summed E-state index contributed by atoms with van der Waals surface area (Å²) in [5, 5.41) is 10.2. The standard InChI is InChI=1S/C15H19ClN2O2/c1-18(15(20)14-3-2-11(16)8-17-14)12-4-9-6-13(19)7-10(9)5-12/h2-3,8-10,12-13,19H,4-7H2,1H3/t9-,10+,12?,13?. The number of pyridine rings is 1. The Balaban J connectivity index is 1.66. The van der Waals surface area contributed by atoms with Crippen molar-refractivity contribution in [2.45, 2.75) is 37.8 Å². The predicted molar refractivity (Wildman–Crippen MR) is 76.6 cm³/mol. The Morgan fingerprint density at radius 1 is 1.30 bits per heavy atom. The van der Waals surface area contributed by atoms with Crippen LogP contribution in [0.1, 0.15) is 36.2 Å². The molecule has 2 unspecified atom stereocenters. The third-order valence-corrected chi connectivity index (χ3v) is 5.00. The maximum Gasteiger partial charge on any atom is 0.272 e. The van der Waals surface area contributed by atoms with Crippen LogP contribution < -0.4 is 0 Å². The predicted octanol–water partition coefficient (Wildman–Crippen LogP) is 2.36. The molecule has 1 aromatic rings. The lowest BCUT2D eigenvalue weighted by Gasteiger charge is -2.25. The van der Waals surface area contributed by atoms with Crippen LogP contribution in [0.2, 0.25) is 5.02 Å². The first-order valence-electron chi connectivity index (χ1n) is 7.11. The van der Waals surface area contributed by atoms with E-state index in [1.54, 1.807) is 17.0 Å². The van der Waals surface area contributed by atoms with Gasteiger partial charge in [0.05, 0.1) is 11.1 Å². The summed E-state index contributed by atoms with van der Waals surface area (Å²) in [7, 11) is 1.85. The summed E-state index contributed by atoms with van der Waals surface area (Å²) < 4.78 is 0. The van der Waals surface area contributed by atoms with E-state index < -0.39 is 0 Å². The van der Waals surface area contributed by atoms with E-state index >= 15 is 0 Å². The number of amides is 1. The van der Waals surface area contributed by atoms with E-state index in [1.807, 2.05) is 7.05 Å². The van der Waals surface area contributed by atoms with E-state index in [0.717, 1.165) is 25.7 Å².